The van der Waals surface area contributed by atoms with Gasteiger partial charge in [0.25, 0.3) is 5.91 Å². The van der Waals surface area contributed by atoms with Crippen LogP contribution in [0, 0.1) is 5.92 Å². The molecule has 1 aromatic heterocycles. The Kier molecular flexibility index (Phi) is 6.10. The summed E-state index contributed by atoms with van der Waals surface area (Å²) in [6, 6.07) is 11.4. The minimum atomic E-state index is -0.180. The quantitative estimate of drug-likeness (QED) is 0.840. The molecule has 2 heterocycles. The first-order valence-electron chi connectivity index (χ1n) is 10.4. The molecular formula is C23H32N4O2. The van der Waals surface area contributed by atoms with E-state index in [-0.39, 0.29) is 29.2 Å². The van der Waals surface area contributed by atoms with Crippen molar-refractivity contribution in [1.82, 2.24) is 14.7 Å². The molecule has 0 spiro atoms. The molecular weight excluding hydrogens is 364 g/mol. The Morgan fingerprint density at radius 1 is 1.10 bits per heavy atom. The summed E-state index contributed by atoms with van der Waals surface area (Å²) in [5.74, 6) is 0.201. The number of amides is 2. The zero-order valence-corrected chi connectivity index (χ0v) is 18.1. The molecule has 2 amide bonds. The lowest BCUT2D eigenvalue weighted by Gasteiger charge is -2.31. The standard InChI is InChI=1S/C23H32N4O2/c1-16(2)20-15-19(25-27(20)23(3,4)5)22(29)26-13-11-17(12-14-26)21(28)24-18-9-7-6-8-10-18/h6-10,15-17H,11-14H2,1-5H3,(H,24,28). The van der Waals surface area contributed by atoms with Gasteiger partial charge in [-0.3, -0.25) is 14.3 Å². The molecule has 6 nitrogen and oxygen atoms in total. The Morgan fingerprint density at radius 3 is 2.24 bits per heavy atom. The zero-order chi connectivity index (χ0) is 21.2. The summed E-state index contributed by atoms with van der Waals surface area (Å²) in [5, 5.41) is 7.60. The number of piperidine rings is 1. The third kappa shape index (κ3) is 4.86. The SMILES string of the molecule is CC(C)c1cc(C(=O)N2CCC(C(=O)Nc3ccccc3)CC2)nn1C(C)(C)C. The molecule has 29 heavy (non-hydrogen) atoms. The summed E-state index contributed by atoms with van der Waals surface area (Å²) in [7, 11) is 0. The summed E-state index contributed by atoms with van der Waals surface area (Å²) in [6.07, 6.45) is 1.34. The first-order chi connectivity index (χ1) is 13.7. The number of para-hydroxylation sites is 1. The van der Waals surface area contributed by atoms with Gasteiger partial charge in [-0.25, -0.2) is 0 Å². The molecule has 0 aliphatic carbocycles. The van der Waals surface area contributed by atoms with E-state index in [4.69, 9.17) is 0 Å². The molecule has 2 aromatic rings. The smallest absolute Gasteiger partial charge is 0.274 e. The van der Waals surface area contributed by atoms with Crippen LogP contribution >= 0.6 is 0 Å². The summed E-state index contributed by atoms with van der Waals surface area (Å²) in [4.78, 5) is 27.4. The molecule has 0 unspecified atom stereocenters. The van der Waals surface area contributed by atoms with Crippen molar-refractivity contribution in [3.63, 3.8) is 0 Å². The number of likely N-dealkylation sites (tertiary alicyclic amines) is 1. The molecule has 6 heteroatoms. The van der Waals surface area contributed by atoms with Gasteiger partial charge in [-0.2, -0.15) is 5.10 Å². The van der Waals surface area contributed by atoms with Gasteiger partial charge in [0.1, 0.15) is 0 Å². The minimum Gasteiger partial charge on any atom is -0.337 e. The molecule has 1 N–H and O–H groups in total. The lowest BCUT2D eigenvalue weighted by molar-refractivity contribution is -0.121. The molecule has 1 aliphatic rings. The molecule has 1 fully saturated rings. The second kappa shape index (κ2) is 8.39. The number of nitrogens with zero attached hydrogens (tertiary/aromatic N) is 3. The number of anilines is 1. The summed E-state index contributed by atoms with van der Waals surface area (Å²) in [5.41, 5.74) is 2.19. The van der Waals surface area contributed by atoms with Crippen molar-refractivity contribution in [2.75, 3.05) is 18.4 Å². The highest BCUT2D eigenvalue weighted by atomic mass is 16.2. The maximum atomic E-state index is 13.0. The summed E-state index contributed by atoms with van der Waals surface area (Å²) < 4.78 is 1.96. The Morgan fingerprint density at radius 2 is 1.72 bits per heavy atom. The largest absolute Gasteiger partial charge is 0.337 e. The monoisotopic (exact) mass is 396 g/mol. The fraction of sp³-hybridized carbons (Fsp3) is 0.522. The normalized spacial score (nSPS) is 15.6. The van der Waals surface area contributed by atoms with Gasteiger partial charge in [0.15, 0.2) is 5.69 Å². The Hall–Kier alpha value is -2.63. The molecule has 0 radical (unpaired) electrons. The van der Waals surface area contributed by atoms with E-state index in [9.17, 15) is 9.59 Å². The molecule has 1 aromatic carbocycles. The zero-order valence-electron chi connectivity index (χ0n) is 18.1. The average Bonchev–Trinajstić information content (AvgIpc) is 3.15. The van der Waals surface area contributed by atoms with Crippen molar-refractivity contribution in [2.45, 2.75) is 58.9 Å². The highest BCUT2D eigenvalue weighted by Crippen LogP contribution is 2.25. The summed E-state index contributed by atoms with van der Waals surface area (Å²) in [6.45, 7) is 11.7. The van der Waals surface area contributed by atoms with E-state index in [1.54, 1.807) is 0 Å². The number of nitrogens with one attached hydrogen (secondary N) is 1. The first kappa shape index (κ1) is 21.1. The number of benzene rings is 1. The van der Waals surface area contributed by atoms with E-state index >= 15 is 0 Å². The fourth-order valence-electron chi connectivity index (χ4n) is 3.72. The molecule has 3 rings (SSSR count). The van der Waals surface area contributed by atoms with Gasteiger partial charge in [-0.1, -0.05) is 32.0 Å². The van der Waals surface area contributed by atoms with E-state index in [1.165, 1.54) is 0 Å². The van der Waals surface area contributed by atoms with Gasteiger partial charge in [0.05, 0.1) is 5.54 Å². The van der Waals surface area contributed by atoms with Crippen LogP contribution in [-0.2, 0) is 10.3 Å². The van der Waals surface area contributed by atoms with Crippen LogP contribution in [0.5, 0.6) is 0 Å². The first-order valence-corrected chi connectivity index (χ1v) is 10.4. The number of rotatable bonds is 4. The van der Waals surface area contributed by atoms with Crippen molar-refractivity contribution in [3.05, 3.63) is 47.8 Å². The van der Waals surface area contributed by atoms with Crippen molar-refractivity contribution < 1.29 is 9.59 Å². The van der Waals surface area contributed by atoms with E-state index in [0.29, 0.717) is 31.6 Å². The van der Waals surface area contributed by atoms with Crippen LogP contribution in [0.4, 0.5) is 5.69 Å². The molecule has 0 saturated carbocycles. The van der Waals surface area contributed by atoms with Crippen LogP contribution < -0.4 is 5.32 Å². The maximum absolute atomic E-state index is 13.0. The number of aromatic nitrogens is 2. The third-order valence-corrected chi connectivity index (χ3v) is 5.38. The van der Waals surface area contributed by atoms with Crippen molar-refractivity contribution in [2.24, 2.45) is 5.92 Å². The predicted molar refractivity (Wildman–Crippen MR) is 115 cm³/mol. The van der Waals surface area contributed by atoms with Crippen LogP contribution in [0.25, 0.3) is 0 Å². The molecule has 1 aliphatic heterocycles. The third-order valence-electron chi connectivity index (χ3n) is 5.38. The topological polar surface area (TPSA) is 67.2 Å². The predicted octanol–water partition coefficient (Wildman–Crippen LogP) is 4.25. The lowest BCUT2D eigenvalue weighted by Crippen LogP contribution is -2.41. The summed E-state index contributed by atoms with van der Waals surface area (Å²) >= 11 is 0. The average molecular weight is 397 g/mol. The number of hydrogen-bond donors (Lipinski definition) is 1. The molecule has 0 atom stereocenters. The van der Waals surface area contributed by atoms with Gasteiger partial charge in [0.2, 0.25) is 5.91 Å². The van der Waals surface area contributed by atoms with Crippen LogP contribution in [0.2, 0.25) is 0 Å². The van der Waals surface area contributed by atoms with Crippen molar-refractivity contribution >= 4 is 17.5 Å². The number of carbonyl (C=O) groups is 2. The van der Waals surface area contributed by atoms with Crippen LogP contribution in [0.15, 0.2) is 36.4 Å². The van der Waals surface area contributed by atoms with E-state index in [0.717, 1.165) is 11.4 Å². The second-order valence-corrected chi connectivity index (χ2v) is 9.11. The van der Waals surface area contributed by atoms with Crippen molar-refractivity contribution in [1.29, 1.82) is 0 Å². The maximum Gasteiger partial charge on any atom is 0.274 e. The van der Waals surface area contributed by atoms with Crippen molar-refractivity contribution in [3.8, 4) is 0 Å². The Labute approximate surface area is 173 Å². The van der Waals surface area contributed by atoms with Gasteiger partial charge in [-0.15, -0.1) is 0 Å². The Balaban J connectivity index is 1.64. The van der Waals surface area contributed by atoms with Crippen LogP contribution in [0.1, 0.15) is 69.6 Å². The fourth-order valence-corrected chi connectivity index (χ4v) is 3.72. The van der Waals surface area contributed by atoms with Gasteiger partial charge in [-0.05, 0) is 57.7 Å². The number of hydrogen-bond acceptors (Lipinski definition) is 3. The lowest BCUT2D eigenvalue weighted by atomic mass is 9.95. The second-order valence-electron chi connectivity index (χ2n) is 9.11. The highest BCUT2D eigenvalue weighted by molar-refractivity contribution is 5.94. The van der Waals surface area contributed by atoms with Crippen LogP contribution in [-0.4, -0.2) is 39.6 Å². The number of carbonyl (C=O) groups excluding carboxylic acids is 2. The minimum absolute atomic E-state index is 0.0300. The van der Waals surface area contributed by atoms with Gasteiger partial charge >= 0.3 is 0 Å². The van der Waals surface area contributed by atoms with E-state index in [2.05, 4.69) is 45.0 Å². The van der Waals surface area contributed by atoms with Crippen LogP contribution in [0.3, 0.4) is 0 Å². The molecule has 156 valence electrons. The van der Waals surface area contributed by atoms with Gasteiger partial charge < -0.3 is 10.2 Å². The highest BCUT2D eigenvalue weighted by Gasteiger charge is 2.30. The van der Waals surface area contributed by atoms with E-state index in [1.807, 2.05) is 46.0 Å². The Bertz CT molecular complexity index is 857. The molecule has 0 bridgehead atoms. The molecule has 1 saturated heterocycles. The van der Waals surface area contributed by atoms with Gasteiger partial charge in [0, 0.05) is 30.4 Å². The van der Waals surface area contributed by atoms with E-state index < -0.39 is 0 Å².